The standard InChI is InChI=1S/C11H24N2O4S/c1-5-6-12-10(11(14)17-3)9-13(2)7-8-18(4,15)16/h10,12H,5-9H2,1-4H3. The Bertz CT molecular complexity index is 343. The maximum Gasteiger partial charge on any atom is 0.324 e. The summed E-state index contributed by atoms with van der Waals surface area (Å²) in [4.78, 5) is 13.3. The number of likely N-dealkylation sites (N-methyl/N-ethyl adjacent to an activating group) is 1. The van der Waals surface area contributed by atoms with Gasteiger partial charge in [-0.15, -0.1) is 0 Å². The van der Waals surface area contributed by atoms with Crippen LogP contribution in [0, 0.1) is 0 Å². The summed E-state index contributed by atoms with van der Waals surface area (Å²) in [7, 11) is 0.157. The molecule has 0 aliphatic carbocycles. The van der Waals surface area contributed by atoms with E-state index in [0.29, 0.717) is 13.1 Å². The van der Waals surface area contributed by atoms with Gasteiger partial charge in [-0.1, -0.05) is 6.92 Å². The van der Waals surface area contributed by atoms with Crippen molar-refractivity contribution in [3.63, 3.8) is 0 Å². The molecule has 0 bridgehead atoms. The second-order valence-electron chi connectivity index (χ2n) is 4.42. The molecule has 0 aromatic heterocycles. The lowest BCUT2D eigenvalue weighted by atomic mass is 10.2. The molecule has 0 heterocycles. The first-order valence-electron chi connectivity index (χ1n) is 5.97. The van der Waals surface area contributed by atoms with Gasteiger partial charge in [-0.25, -0.2) is 8.42 Å². The number of hydrogen-bond acceptors (Lipinski definition) is 6. The quantitative estimate of drug-likeness (QED) is 0.574. The molecule has 1 atom stereocenters. The Hall–Kier alpha value is -0.660. The molecule has 0 saturated heterocycles. The van der Waals surface area contributed by atoms with E-state index in [-0.39, 0.29) is 11.7 Å². The Morgan fingerprint density at radius 3 is 2.50 bits per heavy atom. The molecule has 0 spiro atoms. The lowest BCUT2D eigenvalue weighted by Crippen LogP contribution is -2.46. The normalized spacial score (nSPS) is 13.6. The van der Waals surface area contributed by atoms with Gasteiger partial charge in [0.15, 0.2) is 0 Å². The fourth-order valence-corrected chi connectivity index (χ4v) is 2.05. The van der Waals surface area contributed by atoms with E-state index < -0.39 is 15.9 Å². The molecule has 1 unspecified atom stereocenters. The van der Waals surface area contributed by atoms with Crippen LogP contribution in [0.25, 0.3) is 0 Å². The zero-order chi connectivity index (χ0) is 14.2. The molecule has 0 aliphatic heterocycles. The summed E-state index contributed by atoms with van der Waals surface area (Å²) in [6, 6.07) is -0.417. The first kappa shape index (κ1) is 17.3. The molecule has 0 amide bonds. The maximum absolute atomic E-state index is 11.5. The average Bonchev–Trinajstić information content (AvgIpc) is 2.30. The topological polar surface area (TPSA) is 75.7 Å². The van der Waals surface area contributed by atoms with Gasteiger partial charge in [0.05, 0.1) is 12.9 Å². The summed E-state index contributed by atoms with van der Waals surface area (Å²) >= 11 is 0. The van der Waals surface area contributed by atoms with Gasteiger partial charge in [0.25, 0.3) is 0 Å². The lowest BCUT2D eigenvalue weighted by Gasteiger charge is -2.22. The highest BCUT2D eigenvalue weighted by Crippen LogP contribution is 1.95. The molecule has 108 valence electrons. The number of carbonyl (C=O) groups is 1. The van der Waals surface area contributed by atoms with Crippen molar-refractivity contribution in [1.82, 2.24) is 10.2 Å². The van der Waals surface area contributed by atoms with Gasteiger partial charge in [0, 0.05) is 19.3 Å². The summed E-state index contributed by atoms with van der Waals surface area (Å²) < 4.78 is 26.8. The van der Waals surface area contributed by atoms with Crippen LogP contribution in [0.1, 0.15) is 13.3 Å². The fourth-order valence-electron chi connectivity index (χ4n) is 1.41. The monoisotopic (exact) mass is 280 g/mol. The minimum absolute atomic E-state index is 0.0885. The number of sulfone groups is 1. The van der Waals surface area contributed by atoms with E-state index in [1.165, 1.54) is 13.4 Å². The molecule has 0 aromatic carbocycles. The van der Waals surface area contributed by atoms with E-state index in [4.69, 9.17) is 4.74 Å². The molecule has 0 rings (SSSR count). The van der Waals surface area contributed by atoms with Crippen molar-refractivity contribution in [3.05, 3.63) is 0 Å². The largest absolute Gasteiger partial charge is 0.468 e. The van der Waals surface area contributed by atoms with Crippen molar-refractivity contribution < 1.29 is 17.9 Å². The van der Waals surface area contributed by atoms with Crippen molar-refractivity contribution in [1.29, 1.82) is 0 Å². The summed E-state index contributed by atoms with van der Waals surface area (Å²) in [6.07, 6.45) is 2.12. The number of methoxy groups -OCH3 is 1. The minimum Gasteiger partial charge on any atom is -0.468 e. The van der Waals surface area contributed by atoms with Gasteiger partial charge >= 0.3 is 5.97 Å². The number of rotatable bonds is 9. The van der Waals surface area contributed by atoms with Crippen LogP contribution in [0.2, 0.25) is 0 Å². The Morgan fingerprint density at radius 1 is 1.44 bits per heavy atom. The molecular weight excluding hydrogens is 256 g/mol. The van der Waals surface area contributed by atoms with E-state index in [1.54, 1.807) is 7.05 Å². The molecule has 6 nitrogen and oxygen atoms in total. The number of hydrogen-bond donors (Lipinski definition) is 1. The number of nitrogens with zero attached hydrogens (tertiary/aromatic N) is 1. The van der Waals surface area contributed by atoms with E-state index >= 15 is 0 Å². The SMILES string of the molecule is CCCNC(CN(C)CCS(C)(=O)=O)C(=O)OC. The average molecular weight is 280 g/mol. The molecule has 0 fully saturated rings. The Morgan fingerprint density at radius 2 is 2.06 bits per heavy atom. The molecule has 0 aromatic rings. The van der Waals surface area contributed by atoms with Crippen molar-refractivity contribution in [2.24, 2.45) is 0 Å². The first-order chi connectivity index (χ1) is 8.30. The number of nitrogens with one attached hydrogen (secondary N) is 1. The predicted octanol–water partition coefficient (Wildman–Crippen LogP) is -0.496. The highest BCUT2D eigenvalue weighted by molar-refractivity contribution is 7.90. The Labute approximate surface area is 110 Å². The predicted molar refractivity (Wildman–Crippen MR) is 71.3 cm³/mol. The number of carbonyl (C=O) groups excluding carboxylic acids is 1. The van der Waals surface area contributed by atoms with E-state index in [9.17, 15) is 13.2 Å². The zero-order valence-electron chi connectivity index (χ0n) is 11.6. The summed E-state index contributed by atoms with van der Waals surface area (Å²) in [6.45, 7) is 3.57. The zero-order valence-corrected chi connectivity index (χ0v) is 12.4. The summed E-state index contributed by atoms with van der Waals surface area (Å²) in [5.41, 5.74) is 0. The van der Waals surface area contributed by atoms with Crippen LogP contribution in [0.5, 0.6) is 0 Å². The maximum atomic E-state index is 11.5. The van der Waals surface area contributed by atoms with Crippen molar-refractivity contribution in [2.45, 2.75) is 19.4 Å². The molecular formula is C11H24N2O4S. The second-order valence-corrected chi connectivity index (χ2v) is 6.68. The molecule has 0 radical (unpaired) electrons. The third-order valence-electron chi connectivity index (χ3n) is 2.46. The summed E-state index contributed by atoms with van der Waals surface area (Å²) in [5.74, 6) is -0.236. The molecule has 0 aliphatic rings. The molecule has 18 heavy (non-hydrogen) atoms. The highest BCUT2D eigenvalue weighted by atomic mass is 32.2. The second kappa shape index (κ2) is 8.44. The van der Waals surface area contributed by atoms with Crippen molar-refractivity contribution >= 4 is 15.8 Å². The van der Waals surface area contributed by atoms with E-state index in [1.807, 2.05) is 11.8 Å². The summed E-state index contributed by atoms with van der Waals surface area (Å²) in [5, 5.41) is 3.08. The van der Waals surface area contributed by atoms with Gasteiger partial charge in [-0.3, -0.25) is 4.79 Å². The molecule has 0 saturated carbocycles. The fraction of sp³-hybridized carbons (Fsp3) is 0.909. The van der Waals surface area contributed by atoms with Gasteiger partial charge in [0.2, 0.25) is 0 Å². The van der Waals surface area contributed by atoms with Crippen LogP contribution in [0.3, 0.4) is 0 Å². The number of ether oxygens (including phenoxy) is 1. The first-order valence-corrected chi connectivity index (χ1v) is 8.03. The smallest absolute Gasteiger partial charge is 0.324 e. The van der Waals surface area contributed by atoms with Gasteiger partial charge < -0.3 is 15.0 Å². The van der Waals surface area contributed by atoms with Crippen LogP contribution >= 0.6 is 0 Å². The van der Waals surface area contributed by atoms with Gasteiger partial charge in [-0.05, 0) is 20.0 Å². The van der Waals surface area contributed by atoms with E-state index in [0.717, 1.165) is 13.0 Å². The third kappa shape index (κ3) is 8.43. The molecule has 1 N–H and O–H groups in total. The highest BCUT2D eigenvalue weighted by Gasteiger charge is 2.20. The van der Waals surface area contributed by atoms with Gasteiger partial charge in [0.1, 0.15) is 15.9 Å². The number of esters is 1. The lowest BCUT2D eigenvalue weighted by molar-refractivity contribution is -0.143. The van der Waals surface area contributed by atoms with Crippen molar-refractivity contribution in [3.8, 4) is 0 Å². The minimum atomic E-state index is -2.98. The third-order valence-corrected chi connectivity index (χ3v) is 3.39. The van der Waals surface area contributed by atoms with Crippen LogP contribution in [-0.4, -0.2) is 71.1 Å². The Kier molecular flexibility index (Phi) is 8.13. The van der Waals surface area contributed by atoms with E-state index in [2.05, 4.69) is 5.32 Å². The Balaban J connectivity index is 4.25. The van der Waals surface area contributed by atoms with Crippen molar-refractivity contribution in [2.75, 3.05) is 45.8 Å². The van der Waals surface area contributed by atoms with Crippen LogP contribution in [0.4, 0.5) is 0 Å². The van der Waals surface area contributed by atoms with Crippen LogP contribution in [0.15, 0.2) is 0 Å². The van der Waals surface area contributed by atoms with Crippen LogP contribution < -0.4 is 5.32 Å². The van der Waals surface area contributed by atoms with Crippen LogP contribution in [-0.2, 0) is 19.4 Å². The molecule has 7 heteroatoms. The van der Waals surface area contributed by atoms with Gasteiger partial charge in [-0.2, -0.15) is 0 Å².